The van der Waals surface area contributed by atoms with Gasteiger partial charge in [0.15, 0.2) is 4.80 Å². The topological polar surface area (TPSA) is 77.5 Å². The van der Waals surface area contributed by atoms with Gasteiger partial charge in [-0.05, 0) is 29.3 Å². The van der Waals surface area contributed by atoms with Crippen molar-refractivity contribution >= 4 is 33.1 Å². The molecule has 0 bridgehead atoms. The van der Waals surface area contributed by atoms with Crippen molar-refractivity contribution in [2.45, 2.75) is 6.54 Å². The number of non-ortho nitro benzene ring substituents is 1. The fourth-order valence-corrected chi connectivity index (χ4v) is 4.15. The summed E-state index contributed by atoms with van der Waals surface area (Å²) in [6.45, 7) is 0.205. The molecule has 0 N–H and O–H groups in total. The zero-order valence-corrected chi connectivity index (χ0v) is 16.5. The van der Waals surface area contributed by atoms with Gasteiger partial charge in [-0.2, -0.15) is 4.99 Å². The molecule has 0 spiro atoms. The molecule has 0 aliphatic heterocycles. The fraction of sp³-hybridized carbons (Fsp3) is 0.0435. The summed E-state index contributed by atoms with van der Waals surface area (Å²) in [6.07, 6.45) is 5.47. The van der Waals surface area contributed by atoms with E-state index in [0.29, 0.717) is 20.6 Å². The Balaban J connectivity index is 1.73. The lowest BCUT2D eigenvalue weighted by Gasteiger charge is -2.02. The van der Waals surface area contributed by atoms with Crippen LogP contribution in [0.15, 0.2) is 77.8 Å². The number of nitrogens with zero attached hydrogens (tertiary/aromatic N) is 3. The molecule has 30 heavy (non-hydrogen) atoms. The van der Waals surface area contributed by atoms with Crippen LogP contribution in [0, 0.1) is 22.5 Å². The van der Waals surface area contributed by atoms with E-state index in [4.69, 9.17) is 6.42 Å². The maximum Gasteiger partial charge on any atom is 0.279 e. The molecule has 4 aromatic rings. The summed E-state index contributed by atoms with van der Waals surface area (Å²) >= 11 is 1.19. The van der Waals surface area contributed by atoms with Gasteiger partial charge in [-0.3, -0.25) is 14.9 Å². The SMILES string of the molecule is C#CCn1c(=NC(=O)c2ccc(-c3ccccc3)cc2)sc2cc([N+](=O)[O-])ccc21. The highest BCUT2D eigenvalue weighted by atomic mass is 32.1. The number of aromatic nitrogens is 1. The van der Waals surface area contributed by atoms with E-state index in [1.807, 2.05) is 42.5 Å². The largest absolute Gasteiger partial charge is 0.305 e. The van der Waals surface area contributed by atoms with E-state index in [2.05, 4.69) is 10.9 Å². The summed E-state index contributed by atoms with van der Waals surface area (Å²) in [5.74, 6) is 2.14. The highest BCUT2D eigenvalue weighted by molar-refractivity contribution is 7.16. The van der Waals surface area contributed by atoms with E-state index in [9.17, 15) is 14.9 Å². The second-order valence-electron chi connectivity index (χ2n) is 6.44. The molecule has 1 aromatic heterocycles. The van der Waals surface area contributed by atoms with Crippen LogP contribution in [-0.4, -0.2) is 15.4 Å². The van der Waals surface area contributed by atoms with Crippen molar-refractivity contribution in [3.8, 4) is 23.5 Å². The smallest absolute Gasteiger partial charge is 0.279 e. The molecular weight excluding hydrogens is 398 g/mol. The number of nitro groups is 1. The van der Waals surface area contributed by atoms with Crippen LogP contribution in [0.1, 0.15) is 10.4 Å². The minimum absolute atomic E-state index is 0.0222. The van der Waals surface area contributed by atoms with E-state index in [0.717, 1.165) is 11.1 Å². The van der Waals surface area contributed by atoms with E-state index in [1.54, 1.807) is 22.8 Å². The summed E-state index contributed by atoms with van der Waals surface area (Å²) in [7, 11) is 0. The molecule has 0 radical (unpaired) electrons. The molecule has 1 amide bonds. The van der Waals surface area contributed by atoms with Gasteiger partial charge in [-0.25, -0.2) is 0 Å². The second-order valence-corrected chi connectivity index (χ2v) is 7.45. The number of carbonyl (C=O) groups excluding carboxylic acids is 1. The van der Waals surface area contributed by atoms with E-state index in [1.165, 1.54) is 23.5 Å². The molecule has 0 aliphatic carbocycles. The van der Waals surface area contributed by atoms with Gasteiger partial charge in [-0.1, -0.05) is 59.7 Å². The van der Waals surface area contributed by atoms with Crippen LogP contribution < -0.4 is 4.80 Å². The van der Waals surface area contributed by atoms with Crippen molar-refractivity contribution in [2.24, 2.45) is 4.99 Å². The van der Waals surface area contributed by atoms with Gasteiger partial charge < -0.3 is 4.57 Å². The molecule has 0 aliphatic rings. The first-order valence-corrected chi connectivity index (χ1v) is 9.84. The van der Waals surface area contributed by atoms with Crippen molar-refractivity contribution in [2.75, 3.05) is 0 Å². The Morgan fingerprint density at radius 3 is 2.43 bits per heavy atom. The van der Waals surface area contributed by atoms with Crippen molar-refractivity contribution in [1.29, 1.82) is 0 Å². The van der Waals surface area contributed by atoms with E-state index >= 15 is 0 Å². The molecule has 0 unspecified atom stereocenters. The van der Waals surface area contributed by atoms with Crippen molar-refractivity contribution in [1.82, 2.24) is 4.57 Å². The molecule has 7 heteroatoms. The standard InChI is InChI=1S/C23H15N3O3S/c1-2-14-25-20-13-12-19(26(28)29)15-21(20)30-23(25)24-22(27)18-10-8-17(9-11-18)16-6-4-3-5-7-16/h1,3-13,15H,14H2. The molecule has 0 atom stereocenters. The number of carbonyl (C=O) groups is 1. The molecule has 6 nitrogen and oxygen atoms in total. The third-order valence-electron chi connectivity index (χ3n) is 4.56. The van der Waals surface area contributed by atoms with Gasteiger partial charge in [0.1, 0.15) is 0 Å². The van der Waals surface area contributed by atoms with Gasteiger partial charge in [0, 0.05) is 17.7 Å². The number of fused-ring (bicyclic) bond motifs is 1. The van der Waals surface area contributed by atoms with E-state index < -0.39 is 10.8 Å². The van der Waals surface area contributed by atoms with Crippen LogP contribution >= 0.6 is 11.3 Å². The van der Waals surface area contributed by atoms with Crippen molar-refractivity contribution in [3.05, 3.63) is 93.3 Å². The first kappa shape index (κ1) is 19.3. The van der Waals surface area contributed by atoms with Gasteiger partial charge in [0.25, 0.3) is 11.6 Å². The van der Waals surface area contributed by atoms with Gasteiger partial charge in [0.05, 0.1) is 21.7 Å². The van der Waals surface area contributed by atoms with Crippen LogP contribution in [-0.2, 0) is 6.54 Å². The Labute approximate surface area is 175 Å². The summed E-state index contributed by atoms with van der Waals surface area (Å²) in [4.78, 5) is 28.0. The minimum Gasteiger partial charge on any atom is -0.305 e. The van der Waals surface area contributed by atoms with Crippen LogP contribution in [0.4, 0.5) is 5.69 Å². The molecule has 0 fully saturated rings. The number of rotatable bonds is 4. The second kappa shape index (κ2) is 8.15. The van der Waals surface area contributed by atoms with Crippen LogP contribution in [0.2, 0.25) is 0 Å². The van der Waals surface area contributed by atoms with Crippen molar-refractivity contribution < 1.29 is 9.72 Å². The summed E-state index contributed by atoms with van der Waals surface area (Å²) in [5.41, 5.74) is 3.20. The normalized spacial score (nSPS) is 11.4. The van der Waals surface area contributed by atoms with Gasteiger partial charge in [-0.15, -0.1) is 6.42 Å². The Morgan fingerprint density at radius 2 is 1.77 bits per heavy atom. The molecule has 0 saturated heterocycles. The predicted molar refractivity (Wildman–Crippen MR) is 117 cm³/mol. The number of hydrogen-bond donors (Lipinski definition) is 0. The van der Waals surface area contributed by atoms with Crippen LogP contribution in [0.5, 0.6) is 0 Å². The lowest BCUT2D eigenvalue weighted by molar-refractivity contribution is -0.384. The fourth-order valence-electron chi connectivity index (χ4n) is 3.09. The average Bonchev–Trinajstić information content (AvgIpc) is 3.11. The zero-order chi connectivity index (χ0) is 21.1. The molecule has 146 valence electrons. The molecular formula is C23H15N3O3S. The van der Waals surface area contributed by atoms with Crippen molar-refractivity contribution in [3.63, 3.8) is 0 Å². The lowest BCUT2D eigenvalue weighted by Crippen LogP contribution is -2.16. The Morgan fingerprint density at radius 1 is 1.07 bits per heavy atom. The Kier molecular flexibility index (Phi) is 5.24. The number of nitro benzene ring substituents is 1. The Hall–Kier alpha value is -4.02. The third kappa shape index (κ3) is 3.77. The molecule has 1 heterocycles. The zero-order valence-electron chi connectivity index (χ0n) is 15.7. The molecule has 0 saturated carbocycles. The molecule has 4 rings (SSSR count). The monoisotopic (exact) mass is 413 g/mol. The average molecular weight is 413 g/mol. The number of terminal acetylenes is 1. The predicted octanol–water partition coefficient (Wildman–Crippen LogP) is 4.65. The number of amides is 1. The maximum atomic E-state index is 12.7. The highest BCUT2D eigenvalue weighted by Crippen LogP contribution is 2.23. The first-order valence-electron chi connectivity index (χ1n) is 9.02. The third-order valence-corrected chi connectivity index (χ3v) is 5.60. The summed E-state index contributed by atoms with van der Waals surface area (Å²) in [6, 6.07) is 21.6. The summed E-state index contributed by atoms with van der Waals surface area (Å²) in [5, 5.41) is 11.0. The van der Waals surface area contributed by atoms with Gasteiger partial charge in [0.2, 0.25) is 0 Å². The number of hydrogen-bond acceptors (Lipinski definition) is 4. The number of benzene rings is 3. The first-order chi connectivity index (χ1) is 14.6. The number of thiazole rings is 1. The lowest BCUT2D eigenvalue weighted by atomic mass is 10.0. The Bertz CT molecular complexity index is 1360. The van der Waals surface area contributed by atoms with Crippen LogP contribution in [0.3, 0.4) is 0 Å². The highest BCUT2D eigenvalue weighted by Gasteiger charge is 2.13. The van der Waals surface area contributed by atoms with Crippen LogP contribution in [0.25, 0.3) is 21.3 Å². The molecule has 3 aromatic carbocycles. The maximum absolute atomic E-state index is 12.7. The van der Waals surface area contributed by atoms with E-state index in [-0.39, 0.29) is 12.2 Å². The minimum atomic E-state index is -0.457. The quantitative estimate of drug-likeness (QED) is 0.277. The van der Waals surface area contributed by atoms with Gasteiger partial charge >= 0.3 is 0 Å². The summed E-state index contributed by atoms with van der Waals surface area (Å²) < 4.78 is 2.35.